The molecule has 7 heteroatoms. The van der Waals surface area contributed by atoms with Gasteiger partial charge in [-0.25, -0.2) is 10.4 Å². The fourth-order valence-electron chi connectivity index (χ4n) is 2.86. The number of thiazole rings is 1. The van der Waals surface area contributed by atoms with Crippen molar-refractivity contribution in [2.45, 2.75) is 27.4 Å². The van der Waals surface area contributed by atoms with Crippen LogP contribution >= 0.6 is 11.3 Å². The minimum Gasteiger partial charge on any atom is -0.493 e. The van der Waals surface area contributed by atoms with E-state index in [9.17, 15) is 4.79 Å². The summed E-state index contributed by atoms with van der Waals surface area (Å²) in [5.74, 6) is 0.885. The lowest BCUT2D eigenvalue weighted by Crippen LogP contribution is -2.17. The molecule has 0 aliphatic rings. The van der Waals surface area contributed by atoms with Gasteiger partial charge in [0.25, 0.3) is 5.91 Å². The van der Waals surface area contributed by atoms with Crippen molar-refractivity contribution in [3.63, 3.8) is 0 Å². The van der Waals surface area contributed by atoms with Gasteiger partial charge in [-0.1, -0.05) is 35.9 Å². The van der Waals surface area contributed by atoms with E-state index in [2.05, 4.69) is 21.6 Å². The Kier molecular flexibility index (Phi) is 6.61. The third-order valence-electron chi connectivity index (χ3n) is 4.17. The number of carbonyl (C=O) groups is 1. The fraction of sp³-hybridized carbons (Fsp3) is 0.227. The largest absolute Gasteiger partial charge is 0.493 e. The van der Waals surface area contributed by atoms with Crippen molar-refractivity contribution in [2.24, 2.45) is 5.10 Å². The van der Waals surface area contributed by atoms with Gasteiger partial charge in [0.05, 0.1) is 24.0 Å². The smallest absolute Gasteiger partial charge is 0.283 e. The number of aromatic nitrogens is 1. The molecule has 3 rings (SSSR count). The predicted octanol–water partition coefficient (Wildman–Crippen LogP) is 4.42. The number of rotatable bonds is 7. The highest BCUT2D eigenvalue weighted by Crippen LogP contribution is 2.31. The second-order valence-electron chi connectivity index (χ2n) is 6.50. The first-order chi connectivity index (χ1) is 14.0. The SMILES string of the molecule is COc1cccc(/C=N/NC(=O)c2sc(C)nc2C)c1OCc1cccc(C)c1. The van der Waals surface area contributed by atoms with Crippen LogP contribution in [0.25, 0.3) is 0 Å². The molecule has 0 fully saturated rings. The monoisotopic (exact) mass is 409 g/mol. The standard InChI is InChI=1S/C22H23N3O3S/c1-14-7-5-8-17(11-14)13-28-20-18(9-6-10-19(20)27-4)12-23-25-22(26)21-15(2)24-16(3)29-21/h5-12H,13H2,1-4H3,(H,25,26)/b23-12+. The summed E-state index contributed by atoms with van der Waals surface area (Å²) >= 11 is 1.34. The Balaban J connectivity index is 1.75. The molecule has 1 aromatic heterocycles. The molecular weight excluding hydrogens is 386 g/mol. The Hall–Kier alpha value is -3.19. The number of hydrogen-bond donors (Lipinski definition) is 1. The lowest BCUT2D eigenvalue weighted by atomic mass is 10.1. The van der Waals surface area contributed by atoms with Gasteiger partial charge >= 0.3 is 0 Å². The Morgan fingerprint density at radius 2 is 2.00 bits per heavy atom. The van der Waals surface area contributed by atoms with Crippen LogP contribution in [0.5, 0.6) is 11.5 Å². The van der Waals surface area contributed by atoms with Crippen LogP contribution in [0.3, 0.4) is 0 Å². The van der Waals surface area contributed by atoms with Gasteiger partial charge in [0.15, 0.2) is 11.5 Å². The maximum Gasteiger partial charge on any atom is 0.283 e. The Morgan fingerprint density at radius 3 is 2.69 bits per heavy atom. The highest BCUT2D eigenvalue weighted by Gasteiger charge is 2.13. The van der Waals surface area contributed by atoms with Crippen molar-refractivity contribution in [3.8, 4) is 11.5 Å². The van der Waals surface area contributed by atoms with E-state index in [1.54, 1.807) is 20.2 Å². The summed E-state index contributed by atoms with van der Waals surface area (Å²) in [4.78, 5) is 17.1. The highest BCUT2D eigenvalue weighted by atomic mass is 32.1. The Labute approximate surface area is 174 Å². The predicted molar refractivity (Wildman–Crippen MR) is 115 cm³/mol. The molecular formula is C22H23N3O3S. The second-order valence-corrected chi connectivity index (χ2v) is 7.71. The quantitative estimate of drug-likeness (QED) is 0.463. The molecule has 0 atom stereocenters. The van der Waals surface area contributed by atoms with Crippen LogP contribution in [0.4, 0.5) is 0 Å². The van der Waals surface area contributed by atoms with Crippen LogP contribution in [0.1, 0.15) is 37.1 Å². The molecule has 0 bridgehead atoms. The number of aryl methyl sites for hydroxylation is 3. The molecule has 1 N–H and O–H groups in total. The molecule has 1 amide bonds. The number of para-hydroxylation sites is 1. The number of ether oxygens (including phenoxy) is 2. The highest BCUT2D eigenvalue weighted by molar-refractivity contribution is 7.13. The van der Waals surface area contributed by atoms with Gasteiger partial charge < -0.3 is 9.47 Å². The lowest BCUT2D eigenvalue weighted by Gasteiger charge is -2.13. The van der Waals surface area contributed by atoms with Gasteiger partial charge in [-0.2, -0.15) is 5.10 Å². The van der Waals surface area contributed by atoms with Crippen molar-refractivity contribution in [2.75, 3.05) is 7.11 Å². The minimum atomic E-state index is -0.283. The lowest BCUT2D eigenvalue weighted by molar-refractivity contribution is 0.0958. The summed E-state index contributed by atoms with van der Waals surface area (Å²) < 4.78 is 11.5. The molecule has 0 aliphatic heterocycles. The van der Waals surface area contributed by atoms with Crippen LogP contribution in [-0.4, -0.2) is 24.2 Å². The number of carbonyl (C=O) groups excluding carboxylic acids is 1. The molecule has 0 aliphatic carbocycles. The van der Waals surface area contributed by atoms with E-state index in [1.807, 2.05) is 50.2 Å². The zero-order valence-electron chi connectivity index (χ0n) is 16.9. The average molecular weight is 410 g/mol. The minimum absolute atomic E-state index is 0.283. The van der Waals surface area contributed by atoms with Gasteiger partial charge in [0.1, 0.15) is 11.5 Å². The molecule has 0 saturated carbocycles. The summed E-state index contributed by atoms with van der Waals surface area (Å²) in [5.41, 5.74) is 6.18. The van der Waals surface area contributed by atoms with Crippen LogP contribution in [-0.2, 0) is 6.61 Å². The molecule has 29 heavy (non-hydrogen) atoms. The normalized spacial score (nSPS) is 10.9. The molecule has 3 aromatic rings. The fourth-order valence-corrected chi connectivity index (χ4v) is 3.67. The number of nitrogens with one attached hydrogen (secondary N) is 1. The first-order valence-corrected chi connectivity index (χ1v) is 9.92. The van der Waals surface area contributed by atoms with Crippen LogP contribution in [0.15, 0.2) is 47.6 Å². The topological polar surface area (TPSA) is 72.8 Å². The molecule has 1 heterocycles. The molecule has 0 saturated heterocycles. The van der Waals surface area contributed by atoms with E-state index in [4.69, 9.17) is 9.47 Å². The van der Waals surface area contributed by atoms with Gasteiger partial charge in [0.2, 0.25) is 0 Å². The summed E-state index contributed by atoms with van der Waals surface area (Å²) in [5, 5.41) is 4.94. The number of methoxy groups -OCH3 is 1. The third kappa shape index (κ3) is 5.20. The summed E-state index contributed by atoms with van der Waals surface area (Å²) in [6.07, 6.45) is 1.55. The van der Waals surface area contributed by atoms with E-state index < -0.39 is 0 Å². The maximum absolute atomic E-state index is 12.3. The molecule has 2 aromatic carbocycles. The second kappa shape index (κ2) is 9.34. The number of amides is 1. The molecule has 0 radical (unpaired) electrons. The first-order valence-electron chi connectivity index (χ1n) is 9.10. The summed E-state index contributed by atoms with van der Waals surface area (Å²) in [7, 11) is 1.59. The first kappa shape index (κ1) is 20.5. The number of benzene rings is 2. The Bertz CT molecular complexity index is 1040. The zero-order chi connectivity index (χ0) is 20.8. The van der Waals surface area contributed by atoms with Crippen LogP contribution in [0, 0.1) is 20.8 Å². The van der Waals surface area contributed by atoms with Crippen LogP contribution in [0.2, 0.25) is 0 Å². The van der Waals surface area contributed by atoms with E-state index in [1.165, 1.54) is 16.9 Å². The number of hydrogen-bond acceptors (Lipinski definition) is 6. The maximum atomic E-state index is 12.3. The molecule has 150 valence electrons. The van der Waals surface area contributed by atoms with Crippen LogP contribution < -0.4 is 14.9 Å². The van der Waals surface area contributed by atoms with Crippen molar-refractivity contribution >= 4 is 23.5 Å². The van der Waals surface area contributed by atoms with Gasteiger partial charge in [-0.05, 0) is 38.5 Å². The summed E-state index contributed by atoms with van der Waals surface area (Å²) in [6, 6.07) is 13.6. The van der Waals surface area contributed by atoms with E-state index in [0.717, 1.165) is 10.6 Å². The average Bonchev–Trinajstić information content (AvgIpc) is 3.04. The van der Waals surface area contributed by atoms with Gasteiger partial charge in [0, 0.05) is 5.56 Å². The third-order valence-corrected chi connectivity index (χ3v) is 5.25. The van der Waals surface area contributed by atoms with Gasteiger partial charge in [-0.3, -0.25) is 4.79 Å². The van der Waals surface area contributed by atoms with E-state index >= 15 is 0 Å². The van der Waals surface area contributed by atoms with Crippen molar-refractivity contribution in [3.05, 3.63) is 74.7 Å². The Morgan fingerprint density at radius 1 is 1.21 bits per heavy atom. The zero-order valence-corrected chi connectivity index (χ0v) is 17.7. The van der Waals surface area contributed by atoms with Gasteiger partial charge in [-0.15, -0.1) is 11.3 Å². The van der Waals surface area contributed by atoms with Crippen molar-refractivity contribution in [1.82, 2.24) is 10.4 Å². The number of hydrazone groups is 1. The molecule has 6 nitrogen and oxygen atoms in total. The van der Waals surface area contributed by atoms with E-state index in [0.29, 0.717) is 34.2 Å². The van der Waals surface area contributed by atoms with Crippen molar-refractivity contribution < 1.29 is 14.3 Å². The number of nitrogens with zero attached hydrogens (tertiary/aromatic N) is 2. The van der Waals surface area contributed by atoms with Crippen molar-refractivity contribution in [1.29, 1.82) is 0 Å². The summed E-state index contributed by atoms with van der Waals surface area (Å²) in [6.45, 7) is 6.11. The van der Waals surface area contributed by atoms with E-state index in [-0.39, 0.29) is 5.91 Å². The molecule has 0 unspecified atom stereocenters. The molecule has 0 spiro atoms.